The van der Waals surface area contributed by atoms with Crippen molar-refractivity contribution in [2.24, 2.45) is 12.2 Å². The average Bonchev–Trinajstić information content (AvgIpc) is 2.43. The van der Waals surface area contributed by atoms with Crippen molar-refractivity contribution in [2.75, 3.05) is 0 Å². The van der Waals surface area contributed by atoms with Gasteiger partial charge in [0.25, 0.3) is 0 Å². The van der Waals surface area contributed by atoms with Gasteiger partial charge in [-0.15, -0.1) is 0 Å². The summed E-state index contributed by atoms with van der Waals surface area (Å²) in [6, 6.07) is 0. The van der Waals surface area contributed by atoms with E-state index in [-0.39, 0.29) is 0 Å². The molecule has 0 spiro atoms. The number of hydrogen-bond donors (Lipinski definition) is 1. The highest BCUT2D eigenvalue weighted by Crippen LogP contribution is 2.15. The molecule has 14 heavy (non-hydrogen) atoms. The molecule has 0 amide bonds. The molecular weight excluding hydrogens is 202 g/mol. The third-order valence-electron chi connectivity index (χ3n) is 2.12. The molecule has 0 aliphatic carbocycles. The van der Waals surface area contributed by atoms with Crippen LogP contribution < -0.4 is 0 Å². The van der Waals surface area contributed by atoms with Crippen LogP contribution in [-0.2, 0) is 13.5 Å². The summed E-state index contributed by atoms with van der Waals surface area (Å²) in [5.74, 6) is 0.923. The minimum absolute atomic E-state index is 0.386. The maximum absolute atomic E-state index is 8.42. The van der Waals surface area contributed by atoms with Crippen LogP contribution in [0.15, 0.2) is 5.16 Å². The van der Waals surface area contributed by atoms with Crippen molar-refractivity contribution < 1.29 is 5.21 Å². The second kappa shape index (κ2) is 5.00. The lowest BCUT2D eigenvalue weighted by Crippen LogP contribution is -2.01. The van der Waals surface area contributed by atoms with Crippen LogP contribution in [-0.4, -0.2) is 21.0 Å². The van der Waals surface area contributed by atoms with Crippen molar-refractivity contribution in [3.05, 3.63) is 16.7 Å². The van der Waals surface area contributed by atoms with E-state index in [4.69, 9.17) is 16.8 Å². The molecule has 4 nitrogen and oxygen atoms in total. The predicted octanol–water partition coefficient (Wildman–Crippen LogP) is 2.22. The van der Waals surface area contributed by atoms with Gasteiger partial charge in [0.1, 0.15) is 11.5 Å². The molecule has 1 aromatic rings. The van der Waals surface area contributed by atoms with Gasteiger partial charge in [-0.05, 0) is 6.42 Å². The van der Waals surface area contributed by atoms with Crippen LogP contribution >= 0.6 is 11.6 Å². The number of rotatable bonds is 4. The Morgan fingerprint density at radius 1 is 1.64 bits per heavy atom. The summed E-state index contributed by atoms with van der Waals surface area (Å²) in [6.07, 6.45) is 4.39. The van der Waals surface area contributed by atoms with Gasteiger partial charge in [-0.1, -0.05) is 30.1 Å². The topological polar surface area (TPSA) is 50.4 Å². The number of halogens is 1. The van der Waals surface area contributed by atoms with Gasteiger partial charge >= 0.3 is 0 Å². The van der Waals surface area contributed by atoms with Gasteiger partial charge < -0.3 is 9.77 Å². The molecule has 0 bridgehead atoms. The number of aryl methyl sites for hydroxylation is 1. The molecule has 0 atom stereocenters. The first-order valence-electron chi connectivity index (χ1n) is 4.59. The molecule has 0 fully saturated rings. The van der Waals surface area contributed by atoms with Gasteiger partial charge in [0.2, 0.25) is 0 Å². The Morgan fingerprint density at radius 3 is 2.93 bits per heavy atom. The summed E-state index contributed by atoms with van der Waals surface area (Å²) in [5.41, 5.74) is 0.639. The predicted molar refractivity (Wildman–Crippen MR) is 56.2 cm³/mol. The number of hydrogen-bond acceptors (Lipinski definition) is 3. The van der Waals surface area contributed by atoms with E-state index >= 15 is 0 Å². The molecule has 78 valence electrons. The maximum atomic E-state index is 8.42. The van der Waals surface area contributed by atoms with Crippen LogP contribution in [0, 0.1) is 0 Å². The smallest absolute Gasteiger partial charge is 0.156 e. The van der Waals surface area contributed by atoms with Gasteiger partial charge in [-0.25, -0.2) is 4.98 Å². The number of aromatic nitrogens is 2. The van der Waals surface area contributed by atoms with Gasteiger partial charge in [0.05, 0.1) is 6.21 Å². The summed E-state index contributed by atoms with van der Waals surface area (Å²) in [5, 5.41) is 11.8. The number of nitrogens with zero attached hydrogens (tertiary/aromatic N) is 3. The van der Waals surface area contributed by atoms with E-state index in [0.717, 1.165) is 25.1 Å². The number of unbranched alkanes of at least 4 members (excludes halogenated alkanes) is 1. The molecule has 0 aliphatic heterocycles. The third kappa shape index (κ3) is 2.26. The largest absolute Gasteiger partial charge is 0.411 e. The number of oxime groups is 1. The Bertz CT molecular complexity index is 333. The Hall–Kier alpha value is -1.03. The fourth-order valence-corrected chi connectivity index (χ4v) is 1.55. The van der Waals surface area contributed by atoms with Crippen LogP contribution in [0.25, 0.3) is 0 Å². The van der Waals surface area contributed by atoms with Crippen LogP contribution in [0.1, 0.15) is 31.3 Å². The van der Waals surface area contributed by atoms with Gasteiger partial charge in [0.15, 0.2) is 5.15 Å². The van der Waals surface area contributed by atoms with Crippen molar-refractivity contribution in [1.82, 2.24) is 9.55 Å². The standard InChI is InChI=1S/C9H14ClN3O/c1-3-4-5-8-12-9(10)7(6-11-14)13(8)2/h6,14H,3-5H2,1-2H3/b11-6+. The quantitative estimate of drug-likeness (QED) is 0.476. The van der Waals surface area contributed by atoms with Gasteiger partial charge in [0, 0.05) is 13.5 Å². The minimum atomic E-state index is 0.386. The lowest BCUT2D eigenvalue weighted by molar-refractivity contribution is 0.321. The normalized spacial score (nSPS) is 11.4. The maximum Gasteiger partial charge on any atom is 0.156 e. The fourth-order valence-electron chi connectivity index (χ4n) is 1.28. The van der Waals surface area contributed by atoms with Crippen LogP contribution in [0.3, 0.4) is 0 Å². The van der Waals surface area contributed by atoms with Crippen molar-refractivity contribution in [1.29, 1.82) is 0 Å². The summed E-state index contributed by atoms with van der Waals surface area (Å²) in [7, 11) is 1.86. The zero-order chi connectivity index (χ0) is 10.6. The molecule has 5 heteroatoms. The molecule has 0 saturated carbocycles. The zero-order valence-corrected chi connectivity index (χ0v) is 9.12. The highest BCUT2D eigenvalue weighted by molar-refractivity contribution is 6.31. The Labute approximate surface area is 88.2 Å². The first-order valence-corrected chi connectivity index (χ1v) is 4.97. The molecule has 0 radical (unpaired) electrons. The third-order valence-corrected chi connectivity index (χ3v) is 2.40. The lowest BCUT2D eigenvalue weighted by Gasteiger charge is -2.00. The van der Waals surface area contributed by atoms with E-state index in [1.165, 1.54) is 6.21 Å². The van der Waals surface area contributed by atoms with Gasteiger partial charge in [-0.2, -0.15) is 0 Å². The van der Waals surface area contributed by atoms with Crippen molar-refractivity contribution in [2.45, 2.75) is 26.2 Å². The van der Waals surface area contributed by atoms with Crippen molar-refractivity contribution in [3.63, 3.8) is 0 Å². The Morgan fingerprint density at radius 2 is 2.36 bits per heavy atom. The van der Waals surface area contributed by atoms with E-state index in [1.54, 1.807) is 0 Å². The van der Waals surface area contributed by atoms with E-state index in [9.17, 15) is 0 Å². The SMILES string of the molecule is CCCCc1nc(Cl)c(/C=N/O)n1C. The first kappa shape index (κ1) is 11.0. The molecule has 0 aromatic carbocycles. The molecule has 1 aromatic heterocycles. The highest BCUT2D eigenvalue weighted by atomic mass is 35.5. The molecule has 1 heterocycles. The van der Waals surface area contributed by atoms with E-state index in [1.807, 2.05) is 11.6 Å². The summed E-state index contributed by atoms with van der Waals surface area (Å²) in [4.78, 5) is 4.19. The average molecular weight is 216 g/mol. The summed E-state index contributed by atoms with van der Waals surface area (Å²) < 4.78 is 1.84. The molecule has 0 unspecified atom stereocenters. The van der Waals surface area contributed by atoms with E-state index in [0.29, 0.717) is 10.8 Å². The highest BCUT2D eigenvalue weighted by Gasteiger charge is 2.10. The van der Waals surface area contributed by atoms with Crippen LogP contribution in [0.5, 0.6) is 0 Å². The number of imidazole rings is 1. The molecule has 1 N–H and O–H groups in total. The molecule has 1 rings (SSSR count). The fraction of sp³-hybridized carbons (Fsp3) is 0.556. The van der Waals surface area contributed by atoms with Crippen LogP contribution in [0.2, 0.25) is 5.15 Å². The van der Waals surface area contributed by atoms with Crippen molar-refractivity contribution in [3.8, 4) is 0 Å². The monoisotopic (exact) mass is 215 g/mol. The molecule has 0 aliphatic rings. The molecular formula is C9H14ClN3O. The molecule has 0 saturated heterocycles. The summed E-state index contributed by atoms with van der Waals surface area (Å²) in [6.45, 7) is 2.13. The van der Waals surface area contributed by atoms with Crippen LogP contribution in [0.4, 0.5) is 0 Å². The summed E-state index contributed by atoms with van der Waals surface area (Å²) >= 11 is 5.87. The minimum Gasteiger partial charge on any atom is -0.411 e. The van der Waals surface area contributed by atoms with Crippen molar-refractivity contribution >= 4 is 17.8 Å². The first-order chi connectivity index (χ1) is 6.70. The lowest BCUT2D eigenvalue weighted by atomic mass is 10.2. The Balaban J connectivity index is 2.92. The van der Waals surface area contributed by atoms with Gasteiger partial charge in [-0.3, -0.25) is 0 Å². The van der Waals surface area contributed by atoms with E-state index in [2.05, 4.69) is 17.1 Å². The van der Waals surface area contributed by atoms with E-state index < -0.39 is 0 Å². The second-order valence-electron chi connectivity index (χ2n) is 3.11. The Kier molecular flexibility index (Phi) is 3.95. The second-order valence-corrected chi connectivity index (χ2v) is 3.47. The zero-order valence-electron chi connectivity index (χ0n) is 8.37.